The number of ether oxygens (including phenoxy) is 1. The van der Waals surface area contributed by atoms with Gasteiger partial charge in [0.15, 0.2) is 0 Å². The lowest BCUT2D eigenvalue weighted by Crippen LogP contribution is -2.49. The molecule has 4 amide bonds. The molecule has 0 aliphatic carbocycles. The molecule has 0 unspecified atom stereocenters. The number of amides is 4. The second-order valence-electron chi connectivity index (χ2n) is 9.10. The number of benzene rings is 2. The van der Waals surface area contributed by atoms with Crippen molar-refractivity contribution in [3.05, 3.63) is 60.2 Å². The van der Waals surface area contributed by atoms with Gasteiger partial charge in [0, 0.05) is 38.2 Å². The van der Waals surface area contributed by atoms with E-state index in [4.69, 9.17) is 10.5 Å². The molecule has 0 radical (unpaired) electrons. The van der Waals surface area contributed by atoms with E-state index < -0.39 is 11.9 Å². The highest BCUT2D eigenvalue weighted by molar-refractivity contribution is 5.89. The quantitative estimate of drug-likeness (QED) is 0.686. The standard InChI is InChI=1S/C26H32N4O4/c1-34-22-9-7-21(8-10-22)28-26(33)29-13-11-19-16-24(31)30(14-12-20(19)17-29)23(25(27)32)15-18-5-3-2-4-6-18/h2-10,19-20,23H,11-17H2,1H3,(H2,27,32)(H,28,33)/t19-,20-,23-/m0/s1. The van der Waals surface area contributed by atoms with Gasteiger partial charge in [-0.3, -0.25) is 9.59 Å². The zero-order valence-corrected chi connectivity index (χ0v) is 19.5. The number of anilines is 1. The minimum atomic E-state index is -0.662. The first-order valence-corrected chi connectivity index (χ1v) is 11.8. The highest BCUT2D eigenvalue weighted by Gasteiger charge is 2.39. The average Bonchev–Trinajstić information content (AvgIpc) is 3.01. The van der Waals surface area contributed by atoms with Crippen molar-refractivity contribution >= 4 is 23.5 Å². The summed E-state index contributed by atoms with van der Waals surface area (Å²) >= 11 is 0. The van der Waals surface area contributed by atoms with Crippen LogP contribution in [0.3, 0.4) is 0 Å². The van der Waals surface area contributed by atoms with E-state index in [2.05, 4.69) is 5.32 Å². The van der Waals surface area contributed by atoms with E-state index in [1.54, 1.807) is 24.1 Å². The summed E-state index contributed by atoms with van der Waals surface area (Å²) in [6.45, 7) is 1.65. The Hall–Kier alpha value is -3.55. The molecular formula is C26H32N4O4. The van der Waals surface area contributed by atoms with E-state index in [0.717, 1.165) is 24.2 Å². The zero-order valence-electron chi connectivity index (χ0n) is 19.5. The van der Waals surface area contributed by atoms with Crippen LogP contribution in [0.2, 0.25) is 0 Å². The lowest BCUT2D eigenvalue weighted by atomic mass is 9.82. The number of urea groups is 1. The predicted octanol–water partition coefficient (Wildman–Crippen LogP) is 2.88. The number of carbonyl (C=O) groups excluding carboxylic acids is 3. The average molecular weight is 465 g/mol. The van der Waals surface area contributed by atoms with Gasteiger partial charge in [-0.1, -0.05) is 30.3 Å². The van der Waals surface area contributed by atoms with Crippen LogP contribution in [-0.4, -0.2) is 60.4 Å². The van der Waals surface area contributed by atoms with Crippen LogP contribution < -0.4 is 15.8 Å². The van der Waals surface area contributed by atoms with Gasteiger partial charge in [0.05, 0.1) is 7.11 Å². The fourth-order valence-electron chi connectivity index (χ4n) is 5.04. The molecule has 3 N–H and O–H groups in total. The molecule has 180 valence electrons. The minimum absolute atomic E-state index is 0.0247. The topological polar surface area (TPSA) is 105 Å². The first-order valence-electron chi connectivity index (χ1n) is 11.8. The first kappa shape index (κ1) is 23.6. The minimum Gasteiger partial charge on any atom is -0.497 e. The summed E-state index contributed by atoms with van der Waals surface area (Å²) in [6, 6.07) is 16.0. The number of nitrogens with zero attached hydrogens (tertiary/aromatic N) is 2. The normalized spacial score (nSPS) is 21.3. The third kappa shape index (κ3) is 5.50. The van der Waals surface area contributed by atoms with Gasteiger partial charge in [-0.2, -0.15) is 0 Å². The number of fused-ring (bicyclic) bond motifs is 1. The number of nitrogens with two attached hydrogens (primary N) is 1. The van der Waals surface area contributed by atoms with Crippen molar-refractivity contribution in [2.24, 2.45) is 17.6 Å². The molecule has 4 rings (SSSR count). The van der Waals surface area contributed by atoms with Crippen LogP contribution in [0.4, 0.5) is 10.5 Å². The molecule has 0 spiro atoms. The number of hydrogen-bond donors (Lipinski definition) is 2. The number of hydrogen-bond acceptors (Lipinski definition) is 4. The summed E-state index contributed by atoms with van der Waals surface area (Å²) < 4.78 is 5.16. The van der Waals surface area contributed by atoms with Gasteiger partial charge >= 0.3 is 6.03 Å². The second-order valence-corrected chi connectivity index (χ2v) is 9.10. The molecule has 3 atom stereocenters. The molecule has 0 aromatic heterocycles. The molecule has 34 heavy (non-hydrogen) atoms. The second kappa shape index (κ2) is 10.6. The fraction of sp³-hybridized carbons (Fsp3) is 0.423. The monoisotopic (exact) mass is 464 g/mol. The van der Waals surface area contributed by atoms with Crippen molar-refractivity contribution < 1.29 is 19.1 Å². The number of methoxy groups -OCH3 is 1. The van der Waals surface area contributed by atoms with Crippen molar-refractivity contribution in [2.75, 3.05) is 32.1 Å². The Morgan fingerprint density at radius 1 is 1.06 bits per heavy atom. The summed E-state index contributed by atoms with van der Waals surface area (Å²) in [5, 5.41) is 2.94. The van der Waals surface area contributed by atoms with Gasteiger partial charge < -0.3 is 25.6 Å². The van der Waals surface area contributed by atoms with Crippen molar-refractivity contribution in [3.63, 3.8) is 0 Å². The van der Waals surface area contributed by atoms with E-state index >= 15 is 0 Å². The number of rotatable bonds is 6. The van der Waals surface area contributed by atoms with Crippen LogP contribution in [0.15, 0.2) is 54.6 Å². The van der Waals surface area contributed by atoms with E-state index in [9.17, 15) is 14.4 Å². The van der Waals surface area contributed by atoms with Crippen LogP contribution in [0.1, 0.15) is 24.8 Å². The van der Waals surface area contributed by atoms with Crippen molar-refractivity contribution in [1.29, 1.82) is 0 Å². The van der Waals surface area contributed by atoms with Gasteiger partial charge in [0.2, 0.25) is 11.8 Å². The Balaban J connectivity index is 1.39. The van der Waals surface area contributed by atoms with Gasteiger partial charge in [-0.05, 0) is 54.5 Å². The number of carbonyl (C=O) groups is 3. The highest BCUT2D eigenvalue weighted by Crippen LogP contribution is 2.33. The lowest BCUT2D eigenvalue weighted by Gasteiger charge is -2.37. The molecule has 2 aromatic rings. The highest BCUT2D eigenvalue weighted by atomic mass is 16.5. The van der Waals surface area contributed by atoms with Crippen molar-refractivity contribution in [2.45, 2.75) is 31.7 Å². The third-order valence-electron chi connectivity index (χ3n) is 6.99. The molecule has 2 heterocycles. The zero-order chi connectivity index (χ0) is 24.1. The molecule has 2 aromatic carbocycles. The maximum absolute atomic E-state index is 13.1. The molecule has 0 bridgehead atoms. The smallest absolute Gasteiger partial charge is 0.321 e. The third-order valence-corrected chi connectivity index (χ3v) is 6.99. The molecule has 2 fully saturated rings. The molecule has 2 aliphatic heterocycles. The Labute approximate surface area is 200 Å². The molecule has 0 saturated carbocycles. The van der Waals surface area contributed by atoms with Gasteiger partial charge in [0.1, 0.15) is 11.8 Å². The Kier molecular flexibility index (Phi) is 7.35. The molecular weight excluding hydrogens is 432 g/mol. The Bertz CT molecular complexity index is 1010. The first-order chi connectivity index (χ1) is 16.4. The maximum atomic E-state index is 13.1. The van der Waals surface area contributed by atoms with E-state index in [0.29, 0.717) is 38.2 Å². The Morgan fingerprint density at radius 3 is 2.44 bits per heavy atom. The van der Waals surface area contributed by atoms with Crippen LogP contribution in [0.25, 0.3) is 0 Å². The molecule has 2 aliphatic rings. The maximum Gasteiger partial charge on any atom is 0.321 e. The molecule has 8 nitrogen and oxygen atoms in total. The number of primary amides is 1. The number of nitrogens with one attached hydrogen (secondary N) is 1. The fourth-order valence-corrected chi connectivity index (χ4v) is 5.04. The lowest BCUT2D eigenvalue weighted by molar-refractivity contribution is -0.139. The van der Waals surface area contributed by atoms with E-state index in [-0.39, 0.29) is 23.8 Å². The summed E-state index contributed by atoms with van der Waals surface area (Å²) in [4.78, 5) is 41.8. The molecule has 2 saturated heterocycles. The van der Waals surface area contributed by atoms with Crippen LogP contribution in [-0.2, 0) is 16.0 Å². The van der Waals surface area contributed by atoms with Crippen molar-refractivity contribution in [3.8, 4) is 5.75 Å². The van der Waals surface area contributed by atoms with Crippen LogP contribution in [0.5, 0.6) is 5.75 Å². The van der Waals surface area contributed by atoms with E-state index in [1.807, 2.05) is 47.4 Å². The van der Waals surface area contributed by atoms with Gasteiger partial charge in [-0.15, -0.1) is 0 Å². The van der Waals surface area contributed by atoms with Crippen molar-refractivity contribution in [1.82, 2.24) is 9.80 Å². The van der Waals surface area contributed by atoms with Crippen LogP contribution in [0, 0.1) is 11.8 Å². The summed E-state index contributed by atoms with van der Waals surface area (Å²) in [5.41, 5.74) is 7.41. The SMILES string of the molecule is COc1ccc(NC(=O)N2CC[C@H]3CC(=O)N([C@@H](Cc4ccccc4)C(N)=O)CC[C@H]3C2)cc1. The summed E-state index contributed by atoms with van der Waals surface area (Å²) in [5.74, 6) is 0.626. The molecule has 8 heteroatoms. The summed E-state index contributed by atoms with van der Waals surface area (Å²) in [7, 11) is 1.60. The van der Waals surface area contributed by atoms with Crippen LogP contribution >= 0.6 is 0 Å². The largest absolute Gasteiger partial charge is 0.497 e. The number of piperidine rings is 1. The summed E-state index contributed by atoms with van der Waals surface area (Å²) in [6.07, 6.45) is 2.30. The van der Waals surface area contributed by atoms with E-state index in [1.165, 1.54) is 0 Å². The van der Waals surface area contributed by atoms with Gasteiger partial charge in [-0.25, -0.2) is 4.79 Å². The predicted molar refractivity (Wildman–Crippen MR) is 129 cm³/mol. The van der Waals surface area contributed by atoms with Gasteiger partial charge in [0.25, 0.3) is 0 Å². The Morgan fingerprint density at radius 2 is 1.76 bits per heavy atom. The number of likely N-dealkylation sites (tertiary alicyclic amines) is 2.